The molecule has 5 heteroatoms. The lowest BCUT2D eigenvalue weighted by molar-refractivity contribution is 0.419. The Morgan fingerprint density at radius 3 is 2.95 bits per heavy atom. The number of aromatic nitrogens is 3. The molecule has 20 heavy (non-hydrogen) atoms. The molecule has 0 aliphatic heterocycles. The Labute approximate surface area is 122 Å². The molecule has 0 fully saturated rings. The second-order valence-corrected chi connectivity index (χ2v) is 4.93. The fourth-order valence-electron chi connectivity index (χ4n) is 2.33. The van der Waals surface area contributed by atoms with Gasteiger partial charge in [-0.1, -0.05) is 12.1 Å². The van der Waals surface area contributed by atoms with Gasteiger partial charge in [0.05, 0.1) is 12.6 Å². The van der Waals surface area contributed by atoms with Crippen molar-refractivity contribution in [3.8, 4) is 5.75 Å². The van der Waals surface area contributed by atoms with Crippen LogP contribution in [-0.4, -0.2) is 21.6 Å². The summed E-state index contributed by atoms with van der Waals surface area (Å²) in [6.07, 6.45) is 4.57. The number of methoxy groups -OCH3 is 1. The number of hydrogen-bond acceptors (Lipinski definition) is 3. The van der Waals surface area contributed by atoms with E-state index in [0.29, 0.717) is 4.77 Å². The summed E-state index contributed by atoms with van der Waals surface area (Å²) in [6, 6.07) is 9.98. The zero-order valence-electron chi connectivity index (χ0n) is 11.2. The van der Waals surface area contributed by atoms with Crippen LogP contribution < -0.4 is 4.74 Å². The molecule has 0 saturated carbocycles. The maximum Gasteiger partial charge on any atom is 0.178 e. The Morgan fingerprint density at radius 1 is 1.30 bits per heavy atom. The van der Waals surface area contributed by atoms with Gasteiger partial charge in [-0.25, -0.2) is 0 Å². The summed E-state index contributed by atoms with van der Waals surface area (Å²) in [5, 5.41) is 0. The molecule has 0 aliphatic rings. The highest BCUT2D eigenvalue weighted by atomic mass is 32.1. The molecule has 0 radical (unpaired) electrons. The maximum absolute atomic E-state index is 5.41. The number of hydrogen-bond donors (Lipinski definition) is 1. The lowest BCUT2D eigenvalue weighted by Crippen LogP contribution is -2.01. The van der Waals surface area contributed by atoms with Crippen LogP contribution in [0.25, 0.3) is 11.0 Å². The molecule has 2 heterocycles. The summed E-state index contributed by atoms with van der Waals surface area (Å²) in [5.74, 6) is 0.814. The first kappa shape index (κ1) is 12.9. The average Bonchev–Trinajstić information content (AvgIpc) is 2.81. The molecule has 4 nitrogen and oxygen atoms in total. The minimum atomic E-state index is 0.716. The molecule has 0 bridgehead atoms. The quantitative estimate of drug-likeness (QED) is 0.748. The molecular formula is C15H15N3OS. The van der Waals surface area contributed by atoms with Crippen LogP contribution in [0.2, 0.25) is 0 Å². The summed E-state index contributed by atoms with van der Waals surface area (Å²) in [7, 11) is 1.67. The average molecular weight is 285 g/mol. The van der Waals surface area contributed by atoms with Gasteiger partial charge in [0.2, 0.25) is 0 Å². The van der Waals surface area contributed by atoms with Gasteiger partial charge < -0.3 is 14.3 Å². The second-order valence-electron chi connectivity index (χ2n) is 4.55. The first-order valence-corrected chi connectivity index (χ1v) is 6.85. The van der Waals surface area contributed by atoms with Gasteiger partial charge in [-0.15, -0.1) is 0 Å². The van der Waals surface area contributed by atoms with Gasteiger partial charge in [0.1, 0.15) is 11.3 Å². The van der Waals surface area contributed by atoms with Crippen LogP contribution in [0.3, 0.4) is 0 Å². The Morgan fingerprint density at radius 2 is 2.20 bits per heavy atom. The van der Waals surface area contributed by atoms with Crippen molar-refractivity contribution >= 4 is 23.3 Å². The van der Waals surface area contributed by atoms with E-state index in [1.54, 1.807) is 13.3 Å². The highest BCUT2D eigenvalue weighted by molar-refractivity contribution is 7.71. The third kappa shape index (κ3) is 2.32. The number of imidazole rings is 1. The molecule has 0 saturated heterocycles. The van der Waals surface area contributed by atoms with Gasteiger partial charge in [-0.3, -0.25) is 4.98 Å². The molecule has 2 aromatic heterocycles. The summed E-state index contributed by atoms with van der Waals surface area (Å²) in [6.45, 7) is 0.817. The van der Waals surface area contributed by atoms with E-state index in [1.807, 2.05) is 30.5 Å². The van der Waals surface area contributed by atoms with Gasteiger partial charge >= 0.3 is 0 Å². The largest absolute Gasteiger partial charge is 0.494 e. The van der Waals surface area contributed by atoms with Gasteiger partial charge in [0, 0.05) is 18.9 Å². The third-order valence-electron chi connectivity index (χ3n) is 3.34. The molecule has 1 aromatic carbocycles. The van der Waals surface area contributed by atoms with Gasteiger partial charge in [0.15, 0.2) is 4.77 Å². The van der Waals surface area contributed by atoms with Crippen LogP contribution in [0.15, 0.2) is 42.7 Å². The SMILES string of the molecule is COc1cccc2c1[nH]c(=S)n2CCc1cccnc1. The van der Waals surface area contributed by atoms with Crippen molar-refractivity contribution in [2.45, 2.75) is 13.0 Å². The van der Waals surface area contributed by atoms with E-state index in [4.69, 9.17) is 17.0 Å². The minimum absolute atomic E-state index is 0.716. The second kappa shape index (κ2) is 5.46. The van der Waals surface area contributed by atoms with E-state index < -0.39 is 0 Å². The number of H-pyrrole nitrogens is 1. The van der Waals surface area contributed by atoms with Crippen LogP contribution >= 0.6 is 12.2 Å². The minimum Gasteiger partial charge on any atom is -0.494 e. The van der Waals surface area contributed by atoms with Crippen molar-refractivity contribution in [1.82, 2.24) is 14.5 Å². The van der Waals surface area contributed by atoms with E-state index >= 15 is 0 Å². The number of benzene rings is 1. The van der Waals surface area contributed by atoms with Crippen LogP contribution in [-0.2, 0) is 13.0 Å². The smallest absolute Gasteiger partial charge is 0.178 e. The maximum atomic E-state index is 5.41. The molecule has 3 rings (SSSR count). The normalized spacial score (nSPS) is 10.8. The summed E-state index contributed by atoms with van der Waals surface area (Å²) in [5.41, 5.74) is 3.22. The Balaban J connectivity index is 1.96. The zero-order chi connectivity index (χ0) is 13.9. The molecule has 0 spiro atoms. The number of rotatable bonds is 4. The van der Waals surface area contributed by atoms with E-state index in [-0.39, 0.29) is 0 Å². The topological polar surface area (TPSA) is 42.8 Å². The first-order chi connectivity index (χ1) is 9.79. The monoisotopic (exact) mass is 285 g/mol. The Bertz CT molecular complexity index is 777. The van der Waals surface area contributed by atoms with Crippen molar-refractivity contribution < 1.29 is 4.74 Å². The highest BCUT2D eigenvalue weighted by Gasteiger charge is 2.08. The predicted octanol–water partition coefficient (Wildman–Crippen LogP) is 3.35. The predicted molar refractivity (Wildman–Crippen MR) is 81.6 cm³/mol. The van der Waals surface area contributed by atoms with Crippen LogP contribution in [0.1, 0.15) is 5.56 Å². The van der Waals surface area contributed by atoms with Crippen molar-refractivity contribution in [2.75, 3.05) is 7.11 Å². The molecule has 3 aromatic rings. The van der Waals surface area contributed by atoms with E-state index in [2.05, 4.69) is 20.6 Å². The van der Waals surface area contributed by atoms with Gasteiger partial charge in [-0.2, -0.15) is 0 Å². The lowest BCUT2D eigenvalue weighted by Gasteiger charge is -2.05. The fraction of sp³-hybridized carbons (Fsp3) is 0.200. The van der Waals surface area contributed by atoms with Crippen LogP contribution in [0.5, 0.6) is 5.75 Å². The van der Waals surface area contributed by atoms with E-state index in [9.17, 15) is 0 Å². The van der Waals surface area contributed by atoms with Crippen molar-refractivity contribution in [3.05, 3.63) is 53.1 Å². The number of ether oxygens (including phenoxy) is 1. The first-order valence-electron chi connectivity index (χ1n) is 6.44. The number of nitrogens with zero attached hydrogens (tertiary/aromatic N) is 2. The molecule has 102 valence electrons. The third-order valence-corrected chi connectivity index (χ3v) is 3.66. The molecule has 0 atom stereocenters. The van der Waals surface area contributed by atoms with Crippen LogP contribution in [0, 0.1) is 4.77 Å². The molecule has 0 unspecified atom stereocenters. The van der Waals surface area contributed by atoms with E-state index in [1.165, 1.54) is 5.56 Å². The molecular weight excluding hydrogens is 270 g/mol. The summed E-state index contributed by atoms with van der Waals surface area (Å²) in [4.78, 5) is 7.35. The Hall–Kier alpha value is -2.14. The van der Waals surface area contributed by atoms with Crippen LogP contribution in [0.4, 0.5) is 0 Å². The van der Waals surface area contributed by atoms with E-state index in [0.717, 1.165) is 29.7 Å². The molecule has 0 amide bonds. The molecule has 0 aliphatic carbocycles. The number of nitrogens with one attached hydrogen (secondary N) is 1. The number of para-hydroxylation sites is 1. The number of pyridine rings is 1. The highest BCUT2D eigenvalue weighted by Crippen LogP contribution is 2.24. The standard InChI is InChI=1S/C15H15N3OS/c1-19-13-6-2-5-12-14(13)17-15(20)18(12)9-7-11-4-3-8-16-10-11/h2-6,8,10H,7,9H2,1H3,(H,17,20). The summed E-state index contributed by atoms with van der Waals surface area (Å²) >= 11 is 5.41. The number of fused-ring (bicyclic) bond motifs is 1. The van der Waals surface area contributed by atoms with Crippen molar-refractivity contribution in [3.63, 3.8) is 0 Å². The Kier molecular flexibility index (Phi) is 3.52. The van der Waals surface area contributed by atoms with Gasteiger partial charge in [-0.05, 0) is 42.4 Å². The van der Waals surface area contributed by atoms with Gasteiger partial charge in [0.25, 0.3) is 0 Å². The lowest BCUT2D eigenvalue weighted by atomic mass is 10.2. The van der Waals surface area contributed by atoms with Crippen molar-refractivity contribution in [2.24, 2.45) is 0 Å². The zero-order valence-corrected chi connectivity index (χ0v) is 12.0. The number of aromatic amines is 1. The summed E-state index contributed by atoms with van der Waals surface area (Å²) < 4.78 is 8.17. The van der Waals surface area contributed by atoms with Crippen molar-refractivity contribution in [1.29, 1.82) is 0 Å². The molecule has 1 N–H and O–H groups in total. The fourth-order valence-corrected chi connectivity index (χ4v) is 2.62. The number of aryl methyl sites for hydroxylation is 2.